The molecule has 0 amide bonds. The normalized spacial score (nSPS) is 10.4. The predicted molar refractivity (Wildman–Crippen MR) is 84.9 cm³/mol. The van der Waals surface area contributed by atoms with E-state index in [9.17, 15) is 0 Å². The second kappa shape index (κ2) is 5.76. The summed E-state index contributed by atoms with van der Waals surface area (Å²) in [5.74, 6) is 0. The molecule has 0 spiro atoms. The van der Waals surface area contributed by atoms with Crippen molar-refractivity contribution < 1.29 is 0 Å². The molecule has 1 N–H and O–H groups in total. The van der Waals surface area contributed by atoms with E-state index in [1.54, 1.807) is 11.3 Å². The number of rotatable bonds is 4. The third-order valence-electron chi connectivity index (χ3n) is 2.80. The monoisotopic (exact) mass is 324 g/mol. The molecule has 0 unspecified atom stereocenters. The van der Waals surface area contributed by atoms with Crippen LogP contribution < -0.4 is 10.2 Å². The summed E-state index contributed by atoms with van der Waals surface area (Å²) in [5, 5.41) is 5.59. The molecular weight excluding hydrogens is 308 g/mol. The fraction of sp³-hybridized carbons (Fsp3) is 0.286. The van der Waals surface area contributed by atoms with E-state index in [0.717, 1.165) is 11.0 Å². The molecule has 0 atom stereocenters. The Labute approximate surface area is 121 Å². The predicted octanol–water partition coefficient (Wildman–Crippen LogP) is 4.50. The average Bonchev–Trinajstić information content (AvgIpc) is 2.73. The summed E-state index contributed by atoms with van der Waals surface area (Å²) < 4.78 is 1.16. The van der Waals surface area contributed by atoms with E-state index in [4.69, 9.17) is 0 Å². The topological polar surface area (TPSA) is 15.3 Å². The first-order valence-electron chi connectivity index (χ1n) is 5.81. The summed E-state index contributed by atoms with van der Waals surface area (Å²) in [6, 6.07) is 8.64. The Bertz CT molecular complexity index is 534. The lowest BCUT2D eigenvalue weighted by Crippen LogP contribution is -2.09. The number of benzene rings is 1. The number of thiophene rings is 1. The highest BCUT2D eigenvalue weighted by Gasteiger charge is 2.02. The summed E-state index contributed by atoms with van der Waals surface area (Å²) in [4.78, 5) is 3.45. The number of nitrogens with zero attached hydrogens (tertiary/aromatic N) is 1. The Morgan fingerprint density at radius 2 is 2.06 bits per heavy atom. The van der Waals surface area contributed by atoms with Crippen LogP contribution in [0, 0.1) is 6.92 Å². The number of hydrogen-bond acceptors (Lipinski definition) is 3. The Hall–Kier alpha value is -1.000. The lowest BCUT2D eigenvalue weighted by molar-refractivity contribution is 1.12. The van der Waals surface area contributed by atoms with Crippen LogP contribution in [0.5, 0.6) is 0 Å². The summed E-state index contributed by atoms with van der Waals surface area (Å²) in [6.07, 6.45) is 0. The fourth-order valence-electron chi connectivity index (χ4n) is 1.75. The maximum atomic E-state index is 3.48. The molecule has 0 aliphatic carbocycles. The zero-order chi connectivity index (χ0) is 13.1. The standard InChI is InChI=1S/C14H17BrN2S/c1-10-6-12(17(2)3)4-5-14(10)16-8-13-7-11(15)9-18-13/h4-7,9,16H,8H2,1-3H3. The molecule has 1 aromatic heterocycles. The molecule has 4 heteroatoms. The first kappa shape index (κ1) is 13.4. The molecule has 1 heterocycles. The van der Waals surface area contributed by atoms with Gasteiger partial charge in [0, 0.05) is 46.7 Å². The van der Waals surface area contributed by atoms with Crippen molar-refractivity contribution in [3.63, 3.8) is 0 Å². The third kappa shape index (κ3) is 3.27. The fourth-order valence-corrected chi connectivity index (χ4v) is 3.14. The van der Waals surface area contributed by atoms with Crippen LogP contribution in [0.2, 0.25) is 0 Å². The van der Waals surface area contributed by atoms with E-state index in [2.05, 4.69) is 76.8 Å². The van der Waals surface area contributed by atoms with E-state index in [-0.39, 0.29) is 0 Å². The van der Waals surface area contributed by atoms with Gasteiger partial charge in [0.2, 0.25) is 0 Å². The highest BCUT2D eigenvalue weighted by Crippen LogP contribution is 2.24. The first-order valence-corrected chi connectivity index (χ1v) is 7.48. The lowest BCUT2D eigenvalue weighted by Gasteiger charge is -2.15. The minimum Gasteiger partial charge on any atom is -0.380 e. The zero-order valence-electron chi connectivity index (χ0n) is 10.8. The van der Waals surface area contributed by atoms with E-state index in [1.807, 2.05) is 0 Å². The van der Waals surface area contributed by atoms with Crippen LogP contribution in [-0.4, -0.2) is 14.1 Å². The molecule has 0 bridgehead atoms. The van der Waals surface area contributed by atoms with Crippen LogP contribution in [-0.2, 0) is 6.54 Å². The van der Waals surface area contributed by atoms with Crippen molar-refractivity contribution in [3.8, 4) is 0 Å². The number of halogens is 1. The second-order valence-corrected chi connectivity index (χ2v) is 6.39. The maximum absolute atomic E-state index is 3.48. The van der Waals surface area contributed by atoms with Crippen LogP contribution >= 0.6 is 27.3 Å². The number of anilines is 2. The highest BCUT2D eigenvalue weighted by atomic mass is 79.9. The van der Waals surface area contributed by atoms with Crippen molar-refractivity contribution in [1.29, 1.82) is 0 Å². The molecule has 0 saturated heterocycles. The Balaban J connectivity index is 2.05. The van der Waals surface area contributed by atoms with Crippen molar-refractivity contribution in [1.82, 2.24) is 0 Å². The molecular formula is C14H17BrN2S. The third-order valence-corrected chi connectivity index (χ3v) is 4.50. The summed E-state index contributed by atoms with van der Waals surface area (Å²) in [6.45, 7) is 3.01. The van der Waals surface area contributed by atoms with Crippen LogP contribution in [0.4, 0.5) is 11.4 Å². The van der Waals surface area contributed by atoms with Gasteiger partial charge in [-0.2, -0.15) is 0 Å². The van der Waals surface area contributed by atoms with Crippen LogP contribution in [0.3, 0.4) is 0 Å². The van der Waals surface area contributed by atoms with E-state index >= 15 is 0 Å². The number of aryl methyl sites for hydroxylation is 1. The van der Waals surface area contributed by atoms with Gasteiger partial charge in [0.1, 0.15) is 0 Å². The maximum Gasteiger partial charge on any atom is 0.0494 e. The van der Waals surface area contributed by atoms with Crippen molar-refractivity contribution in [2.45, 2.75) is 13.5 Å². The smallest absolute Gasteiger partial charge is 0.0494 e. The minimum atomic E-state index is 0.873. The largest absolute Gasteiger partial charge is 0.380 e. The molecule has 96 valence electrons. The van der Waals surface area contributed by atoms with Gasteiger partial charge in [0.25, 0.3) is 0 Å². The van der Waals surface area contributed by atoms with Crippen molar-refractivity contribution >= 4 is 38.6 Å². The van der Waals surface area contributed by atoms with Gasteiger partial charge < -0.3 is 10.2 Å². The molecule has 0 aliphatic heterocycles. The SMILES string of the molecule is Cc1cc(N(C)C)ccc1NCc1cc(Br)cs1. The Kier molecular flexibility index (Phi) is 4.30. The Morgan fingerprint density at radius 3 is 2.61 bits per heavy atom. The van der Waals surface area contributed by atoms with Gasteiger partial charge in [0.15, 0.2) is 0 Å². The molecule has 2 rings (SSSR count). The molecule has 0 saturated carbocycles. The number of nitrogens with one attached hydrogen (secondary N) is 1. The first-order chi connectivity index (χ1) is 8.56. The highest BCUT2D eigenvalue weighted by molar-refractivity contribution is 9.10. The second-order valence-electron chi connectivity index (χ2n) is 4.48. The van der Waals surface area contributed by atoms with Gasteiger partial charge in [-0.3, -0.25) is 0 Å². The summed E-state index contributed by atoms with van der Waals surface area (Å²) >= 11 is 5.24. The Morgan fingerprint density at radius 1 is 1.28 bits per heavy atom. The van der Waals surface area contributed by atoms with E-state index < -0.39 is 0 Å². The quantitative estimate of drug-likeness (QED) is 0.890. The summed E-state index contributed by atoms with van der Waals surface area (Å²) in [7, 11) is 4.12. The average molecular weight is 325 g/mol. The van der Waals surface area contributed by atoms with E-state index in [0.29, 0.717) is 0 Å². The van der Waals surface area contributed by atoms with E-state index in [1.165, 1.54) is 21.8 Å². The lowest BCUT2D eigenvalue weighted by atomic mass is 10.1. The van der Waals surface area contributed by atoms with Crippen molar-refractivity contribution in [2.24, 2.45) is 0 Å². The molecule has 2 aromatic rings. The zero-order valence-corrected chi connectivity index (χ0v) is 13.2. The minimum absolute atomic E-state index is 0.873. The molecule has 0 radical (unpaired) electrons. The molecule has 2 nitrogen and oxygen atoms in total. The van der Waals surface area contributed by atoms with Gasteiger partial charge in [-0.1, -0.05) is 0 Å². The van der Waals surface area contributed by atoms with Crippen LogP contribution in [0.25, 0.3) is 0 Å². The van der Waals surface area contributed by atoms with Gasteiger partial charge in [0.05, 0.1) is 0 Å². The molecule has 18 heavy (non-hydrogen) atoms. The van der Waals surface area contributed by atoms with Gasteiger partial charge >= 0.3 is 0 Å². The molecule has 0 aliphatic rings. The summed E-state index contributed by atoms with van der Waals surface area (Å²) in [5.41, 5.74) is 3.71. The van der Waals surface area contributed by atoms with Crippen LogP contribution in [0.1, 0.15) is 10.4 Å². The van der Waals surface area contributed by atoms with Gasteiger partial charge in [-0.15, -0.1) is 11.3 Å². The van der Waals surface area contributed by atoms with Crippen LogP contribution in [0.15, 0.2) is 34.1 Å². The van der Waals surface area contributed by atoms with Gasteiger partial charge in [-0.05, 0) is 52.7 Å². The van der Waals surface area contributed by atoms with Crippen molar-refractivity contribution in [2.75, 3.05) is 24.3 Å². The van der Waals surface area contributed by atoms with Gasteiger partial charge in [-0.25, -0.2) is 0 Å². The molecule has 0 fully saturated rings. The number of hydrogen-bond donors (Lipinski definition) is 1. The molecule has 1 aromatic carbocycles. The van der Waals surface area contributed by atoms with Crippen molar-refractivity contribution in [3.05, 3.63) is 44.6 Å².